The van der Waals surface area contributed by atoms with Crippen LogP contribution in [0.5, 0.6) is 0 Å². The Kier molecular flexibility index (Phi) is 9.76. The van der Waals surface area contributed by atoms with E-state index in [1.54, 1.807) is 7.11 Å². The van der Waals surface area contributed by atoms with Crippen LogP contribution in [0, 0.1) is 0 Å². The lowest BCUT2D eigenvalue weighted by Gasteiger charge is -2.37. The van der Waals surface area contributed by atoms with E-state index in [4.69, 9.17) is 44.1 Å². The average Bonchev–Trinajstić information content (AvgIpc) is 2.58. The molecule has 2 N–H and O–H groups in total. The van der Waals surface area contributed by atoms with Crippen molar-refractivity contribution in [1.29, 1.82) is 0 Å². The van der Waals surface area contributed by atoms with Gasteiger partial charge in [0.2, 0.25) is 0 Å². The van der Waals surface area contributed by atoms with Crippen LogP contribution in [-0.2, 0) is 28.4 Å². The van der Waals surface area contributed by atoms with Crippen molar-refractivity contribution in [1.82, 2.24) is 0 Å². The standard InChI is InChI=1S/2C7H13BO4/c1-10-4-3-12-7(8)5(9)6(4)11-2;1-10-4-3-12-7(8)6(11-2)5(4)9/h2*4-7,9H,3H2,1-2H3/t2*4-,5+,6+,7?/m11/s1. The number of aliphatic hydroxyl groups is 2. The maximum absolute atomic E-state index is 9.59. The molecular weight excluding hydrogens is 318 g/mol. The summed E-state index contributed by atoms with van der Waals surface area (Å²) in [7, 11) is 17.0. The molecule has 0 aromatic heterocycles. The number of methoxy groups -OCH3 is 4. The van der Waals surface area contributed by atoms with Gasteiger partial charge < -0.3 is 38.6 Å². The fraction of sp³-hybridized carbons (Fsp3) is 1.00. The zero-order valence-electron chi connectivity index (χ0n) is 14.5. The molecule has 4 radical (unpaired) electrons. The highest BCUT2D eigenvalue weighted by Gasteiger charge is 2.38. The predicted octanol–water partition coefficient (Wildman–Crippen LogP) is -2.20. The highest BCUT2D eigenvalue weighted by atomic mass is 16.6. The lowest BCUT2D eigenvalue weighted by Crippen LogP contribution is -2.54. The average molecular weight is 344 g/mol. The van der Waals surface area contributed by atoms with Gasteiger partial charge >= 0.3 is 0 Å². The fourth-order valence-electron chi connectivity index (χ4n) is 2.59. The minimum absolute atomic E-state index is 0.246. The summed E-state index contributed by atoms with van der Waals surface area (Å²) in [5.74, 6) is 0. The maximum atomic E-state index is 9.59. The van der Waals surface area contributed by atoms with Crippen LogP contribution in [-0.4, -0.2) is 116 Å². The van der Waals surface area contributed by atoms with Gasteiger partial charge in [0.1, 0.15) is 52.3 Å². The predicted molar refractivity (Wildman–Crippen MR) is 86.2 cm³/mol. The van der Waals surface area contributed by atoms with Crippen LogP contribution in [0.3, 0.4) is 0 Å². The van der Waals surface area contributed by atoms with Crippen LogP contribution < -0.4 is 0 Å². The van der Waals surface area contributed by atoms with Crippen molar-refractivity contribution in [2.75, 3.05) is 41.7 Å². The van der Waals surface area contributed by atoms with Gasteiger partial charge in [0.15, 0.2) is 0 Å². The van der Waals surface area contributed by atoms with Crippen LogP contribution in [0.15, 0.2) is 0 Å². The minimum Gasteiger partial charge on any atom is -0.388 e. The first-order valence-electron chi connectivity index (χ1n) is 7.62. The normalized spacial score (nSPS) is 42.9. The van der Waals surface area contributed by atoms with Crippen molar-refractivity contribution in [2.45, 2.75) is 48.6 Å². The van der Waals surface area contributed by atoms with Gasteiger partial charge in [-0.2, -0.15) is 0 Å². The van der Waals surface area contributed by atoms with Crippen molar-refractivity contribution in [3.63, 3.8) is 0 Å². The van der Waals surface area contributed by atoms with Crippen LogP contribution in [0.2, 0.25) is 0 Å². The molecule has 136 valence electrons. The number of hydrogen-bond acceptors (Lipinski definition) is 8. The van der Waals surface area contributed by atoms with Crippen molar-refractivity contribution in [3.8, 4) is 0 Å². The van der Waals surface area contributed by atoms with E-state index in [9.17, 15) is 10.2 Å². The molecule has 2 aliphatic heterocycles. The SMILES string of the molecule is [B]C1OC[C@@H](OC)[C@H](O)[C@@H]1OC.[B]C1OC[C@@H](OC)[C@H](OC)[C@@H]1O. The van der Waals surface area contributed by atoms with E-state index < -0.39 is 36.4 Å². The summed E-state index contributed by atoms with van der Waals surface area (Å²) in [4.78, 5) is 0. The summed E-state index contributed by atoms with van der Waals surface area (Å²) < 4.78 is 30.2. The summed E-state index contributed by atoms with van der Waals surface area (Å²) in [5, 5.41) is 19.1. The molecule has 0 aliphatic carbocycles. The molecule has 2 fully saturated rings. The molecule has 2 saturated heterocycles. The molecule has 10 heteroatoms. The third kappa shape index (κ3) is 5.40. The lowest BCUT2D eigenvalue weighted by molar-refractivity contribution is -0.183. The third-order valence-electron chi connectivity index (χ3n) is 4.14. The van der Waals surface area contributed by atoms with Crippen molar-refractivity contribution >= 4 is 15.7 Å². The molecule has 0 spiro atoms. The van der Waals surface area contributed by atoms with Crippen molar-refractivity contribution < 1.29 is 38.6 Å². The van der Waals surface area contributed by atoms with Crippen LogP contribution in [0.25, 0.3) is 0 Å². The van der Waals surface area contributed by atoms with Gasteiger partial charge in [0.05, 0.1) is 13.2 Å². The molecule has 24 heavy (non-hydrogen) atoms. The smallest absolute Gasteiger partial charge is 0.113 e. The van der Waals surface area contributed by atoms with Gasteiger partial charge in [-0.05, 0) is 0 Å². The first-order valence-corrected chi connectivity index (χ1v) is 7.62. The molecule has 2 unspecified atom stereocenters. The lowest BCUT2D eigenvalue weighted by atomic mass is 9.87. The Labute approximate surface area is 145 Å². The van der Waals surface area contributed by atoms with Gasteiger partial charge in [-0.3, -0.25) is 0 Å². The highest BCUT2D eigenvalue weighted by Crippen LogP contribution is 2.18. The summed E-state index contributed by atoms with van der Waals surface area (Å²) in [6.45, 7) is 0.659. The maximum Gasteiger partial charge on any atom is 0.113 e. The molecule has 0 amide bonds. The zero-order chi connectivity index (χ0) is 18.3. The molecule has 8 atom stereocenters. The van der Waals surface area contributed by atoms with E-state index in [1.807, 2.05) is 0 Å². The highest BCUT2D eigenvalue weighted by molar-refractivity contribution is 6.11. The van der Waals surface area contributed by atoms with E-state index in [1.165, 1.54) is 21.3 Å². The summed E-state index contributed by atoms with van der Waals surface area (Å²) in [6.07, 6.45) is -3.06. The molecule has 8 nitrogen and oxygen atoms in total. The topological polar surface area (TPSA) is 95.8 Å². The van der Waals surface area contributed by atoms with E-state index in [0.717, 1.165) is 0 Å². The Bertz CT molecular complexity index is 349. The Morgan fingerprint density at radius 3 is 1.71 bits per heavy atom. The Hall–Kier alpha value is -0.190. The molecule has 0 saturated carbocycles. The molecule has 2 heterocycles. The number of rotatable bonds is 4. The molecule has 2 rings (SSSR count). The number of aliphatic hydroxyl groups excluding tert-OH is 2. The second kappa shape index (κ2) is 10.7. The van der Waals surface area contributed by atoms with E-state index >= 15 is 0 Å². The van der Waals surface area contributed by atoms with E-state index in [0.29, 0.717) is 13.2 Å². The Morgan fingerprint density at radius 1 is 0.708 bits per heavy atom. The van der Waals surface area contributed by atoms with Crippen LogP contribution >= 0.6 is 0 Å². The van der Waals surface area contributed by atoms with Gasteiger partial charge in [-0.15, -0.1) is 0 Å². The number of ether oxygens (including phenoxy) is 6. The second-order valence-electron chi connectivity index (χ2n) is 5.53. The summed E-state index contributed by atoms with van der Waals surface area (Å²) in [6, 6.07) is -1.25. The first kappa shape index (κ1) is 21.9. The van der Waals surface area contributed by atoms with Crippen molar-refractivity contribution in [3.05, 3.63) is 0 Å². The summed E-state index contributed by atoms with van der Waals surface area (Å²) in [5.41, 5.74) is 0. The summed E-state index contributed by atoms with van der Waals surface area (Å²) >= 11 is 0. The molecule has 0 aromatic rings. The zero-order valence-corrected chi connectivity index (χ0v) is 14.5. The van der Waals surface area contributed by atoms with E-state index in [2.05, 4.69) is 0 Å². The van der Waals surface area contributed by atoms with Crippen LogP contribution in [0.1, 0.15) is 0 Å². The second-order valence-corrected chi connectivity index (χ2v) is 5.53. The largest absolute Gasteiger partial charge is 0.388 e. The monoisotopic (exact) mass is 344 g/mol. The Balaban J connectivity index is 0.000000240. The fourth-order valence-corrected chi connectivity index (χ4v) is 2.59. The Morgan fingerprint density at radius 2 is 1.21 bits per heavy atom. The van der Waals surface area contributed by atoms with Gasteiger partial charge in [0.25, 0.3) is 0 Å². The third-order valence-corrected chi connectivity index (χ3v) is 4.14. The minimum atomic E-state index is -0.825. The van der Waals surface area contributed by atoms with Crippen LogP contribution in [0.4, 0.5) is 0 Å². The van der Waals surface area contributed by atoms with Crippen molar-refractivity contribution in [2.24, 2.45) is 0 Å². The first-order chi connectivity index (χ1) is 11.4. The van der Waals surface area contributed by atoms with Gasteiger partial charge in [-0.25, -0.2) is 0 Å². The van der Waals surface area contributed by atoms with Gasteiger partial charge in [-0.1, -0.05) is 0 Å². The molecule has 2 aliphatic rings. The quantitative estimate of drug-likeness (QED) is 0.555. The molecule has 0 aromatic carbocycles. The molecule has 0 bridgehead atoms. The van der Waals surface area contributed by atoms with E-state index in [-0.39, 0.29) is 12.2 Å². The molecular formula is C14H26B2O8. The number of hydrogen-bond donors (Lipinski definition) is 2. The van der Waals surface area contributed by atoms with Gasteiger partial charge in [0, 0.05) is 40.4 Å².